The minimum absolute atomic E-state index is 0.00148. The normalized spacial score (nSPS) is 23.3. The number of amides is 2. The van der Waals surface area contributed by atoms with Gasteiger partial charge in [0, 0.05) is 24.7 Å². The van der Waals surface area contributed by atoms with Gasteiger partial charge in [0.05, 0.1) is 0 Å². The Balaban J connectivity index is 2.04. The molecule has 1 aliphatic rings. The summed E-state index contributed by atoms with van der Waals surface area (Å²) in [5.41, 5.74) is 0.00148. The molecular formula is C12H15N3O3. The molecule has 2 amide bonds. The molecule has 0 bridgehead atoms. The van der Waals surface area contributed by atoms with Crippen molar-refractivity contribution in [3.05, 3.63) is 24.0 Å². The molecule has 1 fully saturated rings. The Hall–Kier alpha value is -2.11. The molecule has 1 saturated heterocycles. The Labute approximate surface area is 104 Å². The number of piperidine rings is 1. The number of carbonyl (C=O) groups is 2. The number of hydrogen-bond acceptors (Lipinski definition) is 4. The lowest BCUT2D eigenvalue weighted by molar-refractivity contribution is -0.123. The van der Waals surface area contributed by atoms with Crippen molar-refractivity contribution in [3.8, 4) is 5.75 Å². The Morgan fingerprint density at radius 3 is 3.06 bits per heavy atom. The van der Waals surface area contributed by atoms with Crippen LogP contribution in [0.3, 0.4) is 0 Å². The maximum Gasteiger partial charge on any atom is 0.274 e. The first-order valence-electron chi connectivity index (χ1n) is 5.82. The molecule has 3 N–H and O–H groups in total. The predicted octanol–water partition coefficient (Wildman–Crippen LogP) is 0.184. The maximum atomic E-state index is 11.9. The number of pyridine rings is 1. The van der Waals surface area contributed by atoms with E-state index in [1.165, 1.54) is 12.3 Å². The predicted molar refractivity (Wildman–Crippen MR) is 64.0 cm³/mol. The summed E-state index contributed by atoms with van der Waals surface area (Å²) in [7, 11) is 0. The minimum atomic E-state index is -0.430. The fraction of sp³-hybridized carbons (Fsp3) is 0.417. The highest BCUT2D eigenvalue weighted by atomic mass is 16.3. The van der Waals surface area contributed by atoms with Crippen molar-refractivity contribution < 1.29 is 14.7 Å². The van der Waals surface area contributed by atoms with Crippen molar-refractivity contribution in [2.24, 2.45) is 0 Å². The zero-order valence-electron chi connectivity index (χ0n) is 10.0. The van der Waals surface area contributed by atoms with E-state index in [9.17, 15) is 14.7 Å². The van der Waals surface area contributed by atoms with Crippen LogP contribution in [0.4, 0.5) is 0 Å². The van der Waals surface area contributed by atoms with E-state index < -0.39 is 5.91 Å². The third-order valence-electron chi connectivity index (χ3n) is 2.99. The highest BCUT2D eigenvalue weighted by Crippen LogP contribution is 2.14. The number of aromatic hydroxyl groups is 1. The topological polar surface area (TPSA) is 91.3 Å². The molecule has 1 aromatic heterocycles. The molecule has 6 nitrogen and oxygen atoms in total. The fourth-order valence-corrected chi connectivity index (χ4v) is 1.97. The van der Waals surface area contributed by atoms with Crippen LogP contribution in [0.15, 0.2) is 18.3 Å². The summed E-state index contributed by atoms with van der Waals surface area (Å²) in [6.07, 6.45) is 2.43. The highest BCUT2D eigenvalue weighted by Gasteiger charge is 2.27. The van der Waals surface area contributed by atoms with Gasteiger partial charge in [0.1, 0.15) is 5.75 Å². The van der Waals surface area contributed by atoms with Crippen LogP contribution in [-0.2, 0) is 4.79 Å². The zero-order valence-corrected chi connectivity index (χ0v) is 10.0. The molecule has 18 heavy (non-hydrogen) atoms. The average Bonchev–Trinajstić information content (AvgIpc) is 2.33. The first-order valence-corrected chi connectivity index (χ1v) is 5.82. The molecule has 1 aliphatic heterocycles. The molecule has 0 aliphatic carbocycles. The second-order valence-corrected chi connectivity index (χ2v) is 4.35. The molecule has 2 atom stereocenters. The molecule has 96 valence electrons. The van der Waals surface area contributed by atoms with Crippen molar-refractivity contribution >= 4 is 11.8 Å². The van der Waals surface area contributed by atoms with E-state index in [4.69, 9.17) is 0 Å². The van der Waals surface area contributed by atoms with Crippen LogP contribution in [-0.4, -0.2) is 34.0 Å². The van der Waals surface area contributed by atoms with E-state index in [1.807, 2.05) is 6.92 Å². The summed E-state index contributed by atoms with van der Waals surface area (Å²) in [6, 6.07) is 2.70. The third-order valence-corrected chi connectivity index (χ3v) is 2.99. The Morgan fingerprint density at radius 1 is 1.61 bits per heavy atom. The summed E-state index contributed by atoms with van der Waals surface area (Å²) < 4.78 is 0. The van der Waals surface area contributed by atoms with E-state index in [0.29, 0.717) is 12.8 Å². The number of aromatic nitrogens is 1. The van der Waals surface area contributed by atoms with Gasteiger partial charge >= 0.3 is 0 Å². The number of hydrogen-bond donors (Lipinski definition) is 3. The molecule has 2 heterocycles. The van der Waals surface area contributed by atoms with E-state index in [-0.39, 0.29) is 29.4 Å². The Kier molecular flexibility index (Phi) is 3.45. The zero-order chi connectivity index (χ0) is 13.1. The molecule has 6 heteroatoms. The van der Waals surface area contributed by atoms with Gasteiger partial charge < -0.3 is 15.7 Å². The van der Waals surface area contributed by atoms with Crippen LogP contribution < -0.4 is 10.6 Å². The van der Waals surface area contributed by atoms with Crippen molar-refractivity contribution in [2.45, 2.75) is 31.8 Å². The molecular weight excluding hydrogens is 234 g/mol. The Bertz CT molecular complexity index is 475. The van der Waals surface area contributed by atoms with Crippen LogP contribution in [0.1, 0.15) is 30.3 Å². The lowest BCUT2D eigenvalue weighted by Crippen LogP contribution is -2.54. The second-order valence-electron chi connectivity index (χ2n) is 4.35. The minimum Gasteiger partial charge on any atom is -0.505 e. The van der Waals surface area contributed by atoms with Crippen molar-refractivity contribution in [2.75, 3.05) is 0 Å². The van der Waals surface area contributed by atoms with Gasteiger partial charge in [-0.1, -0.05) is 0 Å². The molecule has 2 rings (SSSR count). The van der Waals surface area contributed by atoms with Crippen molar-refractivity contribution in [1.82, 2.24) is 15.6 Å². The van der Waals surface area contributed by atoms with E-state index >= 15 is 0 Å². The third kappa shape index (κ3) is 2.58. The fourth-order valence-electron chi connectivity index (χ4n) is 1.97. The monoisotopic (exact) mass is 249 g/mol. The second kappa shape index (κ2) is 5.03. The van der Waals surface area contributed by atoms with Crippen LogP contribution >= 0.6 is 0 Å². The summed E-state index contributed by atoms with van der Waals surface area (Å²) in [4.78, 5) is 26.9. The van der Waals surface area contributed by atoms with Gasteiger partial charge in [-0.2, -0.15) is 0 Å². The van der Waals surface area contributed by atoms with Gasteiger partial charge in [0.25, 0.3) is 5.91 Å². The maximum absolute atomic E-state index is 11.9. The van der Waals surface area contributed by atoms with E-state index in [2.05, 4.69) is 15.6 Å². The molecule has 0 aromatic carbocycles. The largest absolute Gasteiger partial charge is 0.505 e. The average molecular weight is 249 g/mol. The van der Waals surface area contributed by atoms with Crippen molar-refractivity contribution in [1.29, 1.82) is 0 Å². The number of carbonyl (C=O) groups excluding carboxylic acids is 2. The Morgan fingerprint density at radius 2 is 2.39 bits per heavy atom. The van der Waals surface area contributed by atoms with Crippen molar-refractivity contribution in [3.63, 3.8) is 0 Å². The summed E-state index contributed by atoms with van der Waals surface area (Å²) in [6.45, 7) is 1.83. The SMILES string of the molecule is CC1NC(=O)CCC1NC(=O)c1ncccc1O. The number of nitrogens with zero attached hydrogens (tertiary/aromatic N) is 1. The number of nitrogens with one attached hydrogen (secondary N) is 2. The quantitative estimate of drug-likeness (QED) is 0.697. The van der Waals surface area contributed by atoms with Gasteiger partial charge in [-0.15, -0.1) is 0 Å². The van der Waals surface area contributed by atoms with Crippen LogP contribution in [0.2, 0.25) is 0 Å². The standard InChI is InChI=1S/C12H15N3O3/c1-7-8(4-5-10(17)14-7)15-12(18)11-9(16)3-2-6-13-11/h2-3,6-8,16H,4-5H2,1H3,(H,14,17)(H,15,18). The molecule has 2 unspecified atom stereocenters. The van der Waals surface area contributed by atoms with Crippen LogP contribution in [0.5, 0.6) is 5.75 Å². The molecule has 0 spiro atoms. The van der Waals surface area contributed by atoms with E-state index in [0.717, 1.165) is 0 Å². The summed E-state index contributed by atoms with van der Waals surface area (Å²) in [5.74, 6) is -0.586. The summed E-state index contributed by atoms with van der Waals surface area (Å²) >= 11 is 0. The number of rotatable bonds is 2. The molecule has 1 aromatic rings. The highest BCUT2D eigenvalue weighted by molar-refractivity contribution is 5.95. The van der Waals surface area contributed by atoms with Crippen LogP contribution in [0, 0.1) is 0 Å². The lowest BCUT2D eigenvalue weighted by atomic mass is 9.99. The molecule has 0 radical (unpaired) electrons. The van der Waals surface area contributed by atoms with Gasteiger partial charge in [-0.05, 0) is 25.5 Å². The lowest BCUT2D eigenvalue weighted by Gasteiger charge is -2.30. The smallest absolute Gasteiger partial charge is 0.274 e. The first kappa shape index (κ1) is 12.3. The van der Waals surface area contributed by atoms with Crippen LogP contribution in [0.25, 0.3) is 0 Å². The summed E-state index contributed by atoms with van der Waals surface area (Å²) in [5, 5.41) is 15.1. The van der Waals surface area contributed by atoms with Gasteiger partial charge in [0.15, 0.2) is 5.69 Å². The van der Waals surface area contributed by atoms with Gasteiger partial charge in [-0.3, -0.25) is 9.59 Å². The van der Waals surface area contributed by atoms with Gasteiger partial charge in [0.2, 0.25) is 5.91 Å². The van der Waals surface area contributed by atoms with Gasteiger partial charge in [-0.25, -0.2) is 4.98 Å². The first-order chi connectivity index (χ1) is 8.58. The molecule has 0 saturated carbocycles. The van der Waals surface area contributed by atoms with E-state index in [1.54, 1.807) is 6.07 Å².